The predicted molar refractivity (Wildman–Crippen MR) is 77.5 cm³/mol. The Morgan fingerprint density at radius 2 is 1.79 bits per heavy atom. The molecule has 0 fully saturated rings. The minimum atomic E-state index is -0.368. The lowest BCUT2D eigenvalue weighted by molar-refractivity contribution is 0.119. The van der Waals surface area contributed by atoms with Gasteiger partial charge in [-0.05, 0) is 38.1 Å². The number of para-hydroxylation sites is 1. The van der Waals surface area contributed by atoms with Crippen molar-refractivity contribution < 1.29 is 9.15 Å². The first-order valence-electron chi connectivity index (χ1n) is 6.39. The molecule has 3 rings (SSSR count). The van der Waals surface area contributed by atoms with Crippen molar-refractivity contribution in [2.75, 3.05) is 6.54 Å². The first kappa shape index (κ1) is 12.1. The summed E-state index contributed by atoms with van der Waals surface area (Å²) in [6.07, 6.45) is 0. The molecule has 19 heavy (non-hydrogen) atoms. The fourth-order valence-electron chi connectivity index (χ4n) is 2.13. The van der Waals surface area contributed by atoms with Crippen LogP contribution in [0.3, 0.4) is 0 Å². The van der Waals surface area contributed by atoms with Crippen LogP contribution in [0.4, 0.5) is 0 Å². The largest absolute Gasteiger partial charge is 0.487 e. The van der Waals surface area contributed by atoms with E-state index in [9.17, 15) is 0 Å². The first-order chi connectivity index (χ1) is 9.09. The minimum Gasteiger partial charge on any atom is -0.487 e. The first-order valence-corrected chi connectivity index (χ1v) is 6.39. The standard InChI is InChI=1S/C16H17NO2/c1-16(2,10-17)19-11-7-8-15-13(9-11)12-5-3-4-6-14(12)18-15/h3-9H,10,17H2,1-2H3. The van der Waals surface area contributed by atoms with Crippen LogP contribution in [0.15, 0.2) is 46.9 Å². The van der Waals surface area contributed by atoms with Gasteiger partial charge in [-0.2, -0.15) is 0 Å². The van der Waals surface area contributed by atoms with Crippen LogP contribution in [0, 0.1) is 0 Å². The van der Waals surface area contributed by atoms with Crippen LogP contribution in [0.5, 0.6) is 5.75 Å². The zero-order valence-corrected chi connectivity index (χ0v) is 11.1. The number of benzene rings is 2. The van der Waals surface area contributed by atoms with Gasteiger partial charge < -0.3 is 14.9 Å². The molecular formula is C16H17NO2. The zero-order chi connectivity index (χ0) is 13.5. The van der Waals surface area contributed by atoms with Gasteiger partial charge in [-0.25, -0.2) is 0 Å². The summed E-state index contributed by atoms with van der Waals surface area (Å²) < 4.78 is 11.7. The molecule has 2 aromatic carbocycles. The molecule has 0 saturated heterocycles. The predicted octanol–water partition coefficient (Wildman–Crippen LogP) is 3.70. The third-order valence-electron chi connectivity index (χ3n) is 3.23. The highest BCUT2D eigenvalue weighted by molar-refractivity contribution is 6.05. The molecule has 3 heteroatoms. The number of fused-ring (bicyclic) bond motifs is 3. The number of ether oxygens (including phenoxy) is 1. The third-order valence-corrected chi connectivity index (χ3v) is 3.23. The summed E-state index contributed by atoms with van der Waals surface area (Å²) in [6.45, 7) is 4.42. The number of hydrogen-bond acceptors (Lipinski definition) is 3. The van der Waals surface area contributed by atoms with Crippen molar-refractivity contribution >= 4 is 21.9 Å². The molecule has 3 nitrogen and oxygen atoms in total. The normalized spacial score (nSPS) is 12.2. The second kappa shape index (κ2) is 4.28. The smallest absolute Gasteiger partial charge is 0.135 e. The number of furan rings is 1. The molecule has 2 N–H and O–H groups in total. The van der Waals surface area contributed by atoms with Gasteiger partial charge >= 0.3 is 0 Å². The molecule has 0 atom stereocenters. The maximum atomic E-state index is 5.91. The van der Waals surface area contributed by atoms with E-state index in [2.05, 4.69) is 6.07 Å². The lowest BCUT2D eigenvalue weighted by Gasteiger charge is -2.24. The van der Waals surface area contributed by atoms with E-state index in [0.717, 1.165) is 27.7 Å². The summed E-state index contributed by atoms with van der Waals surface area (Å²) in [5.74, 6) is 0.814. The molecule has 98 valence electrons. The SMILES string of the molecule is CC(C)(CN)Oc1ccc2oc3ccccc3c2c1. The summed E-state index contributed by atoms with van der Waals surface area (Å²) in [5, 5.41) is 2.18. The summed E-state index contributed by atoms with van der Waals surface area (Å²) in [6, 6.07) is 13.9. The maximum absolute atomic E-state index is 5.91. The van der Waals surface area contributed by atoms with Gasteiger partial charge in [-0.15, -0.1) is 0 Å². The highest BCUT2D eigenvalue weighted by Crippen LogP contribution is 2.32. The van der Waals surface area contributed by atoms with Crippen molar-refractivity contribution in [3.8, 4) is 5.75 Å². The molecule has 0 amide bonds. The Hall–Kier alpha value is -2.00. The van der Waals surface area contributed by atoms with E-state index in [1.165, 1.54) is 0 Å². The molecule has 0 unspecified atom stereocenters. The highest BCUT2D eigenvalue weighted by Gasteiger charge is 2.18. The lowest BCUT2D eigenvalue weighted by atomic mass is 10.1. The summed E-state index contributed by atoms with van der Waals surface area (Å²) in [4.78, 5) is 0. The topological polar surface area (TPSA) is 48.4 Å². The van der Waals surface area contributed by atoms with E-state index in [1.54, 1.807) is 0 Å². The van der Waals surface area contributed by atoms with Crippen molar-refractivity contribution in [1.29, 1.82) is 0 Å². The van der Waals surface area contributed by atoms with Crippen molar-refractivity contribution in [3.05, 3.63) is 42.5 Å². The average Bonchev–Trinajstić information content (AvgIpc) is 2.76. The second-order valence-corrected chi connectivity index (χ2v) is 5.32. The Morgan fingerprint density at radius 3 is 2.58 bits per heavy atom. The van der Waals surface area contributed by atoms with Gasteiger partial charge in [0.05, 0.1) is 0 Å². The van der Waals surface area contributed by atoms with Crippen molar-refractivity contribution in [2.24, 2.45) is 5.73 Å². The Labute approximate surface area is 112 Å². The highest BCUT2D eigenvalue weighted by atomic mass is 16.5. The van der Waals surface area contributed by atoms with Crippen LogP contribution in [0.25, 0.3) is 21.9 Å². The molecule has 3 aromatic rings. The van der Waals surface area contributed by atoms with Gasteiger partial charge in [-0.3, -0.25) is 0 Å². The van der Waals surface area contributed by atoms with E-state index >= 15 is 0 Å². The van der Waals surface area contributed by atoms with Gasteiger partial charge in [-0.1, -0.05) is 18.2 Å². The second-order valence-electron chi connectivity index (χ2n) is 5.32. The van der Waals surface area contributed by atoms with E-state index in [4.69, 9.17) is 14.9 Å². The summed E-state index contributed by atoms with van der Waals surface area (Å²) in [5.41, 5.74) is 7.10. The van der Waals surface area contributed by atoms with Gasteiger partial charge in [0.15, 0.2) is 0 Å². The van der Waals surface area contributed by atoms with Gasteiger partial charge in [0.2, 0.25) is 0 Å². The molecule has 0 saturated carbocycles. The summed E-state index contributed by atoms with van der Waals surface area (Å²) >= 11 is 0. The van der Waals surface area contributed by atoms with Gasteiger partial charge in [0.1, 0.15) is 22.5 Å². The van der Waals surface area contributed by atoms with Crippen LogP contribution in [0.2, 0.25) is 0 Å². The fraction of sp³-hybridized carbons (Fsp3) is 0.250. The Kier molecular flexibility index (Phi) is 2.72. The van der Waals surface area contributed by atoms with Crippen molar-refractivity contribution in [1.82, 2.24) is 0 Å². The van der Waals surface area contributed by atoms with E-state index in [-0.39, 0.29) is 5.60 Å². The van der Waals surface area contributed by atoms with Crippen LogP contribution in [-0.2, 0) is 0 Å². The monoisotopic (exact) mass is 255 g/mol. The quantitative estimate of drug-likeness (QED) is 0.776. The molecule has 1 aromatic heterocycles. The molecule has 0 aliphatic rings. The van der Waals surface area contributed by atoms with Gasteiger partial charge in [0.25, 0.3) is 0 Å². The third kappa shape index (κ3) is 2.17. The van der Waals surface area contributed by atoms with Crippen LogP contribution < -0.4 is 10.5 Å². The molecule has 0 radical (unpaired) electrons. The Balaban J connectivity index is 2.12. The van der Waals surface area contributed by atoms with Crippen molar-refractivity contribution in [2.45, 2.75) is 19.4 Å². The average molecular weight is 255 g/mol. The molecule has 0 aliphatic heterocycles. The number of nitrogens with two attached hydrogens (primary N) is 1. The number of rotatable bonds is 3. The Bertz CT molecular complexity index is 728. The van der Waals surface area contributed by atoms with Crippen molar-refractivity contribution in [3.63, 3.8) is 0 Å². The van der Waals surface area contributed by atoms with E-state index < -0.39 is 0 Å². The molecule has 0 spiro atoms. The molecule has 1 heterocycles. The minimum absolute atomic E-state index is 0.368. The molecule has 0 bridgehead atoms. The lowest BCUT2D eigenvalue weighted by Crippen LogP contribution is -2.37. The fourth-order valence-corrected chi connectivity index (χ4v) is 2.13. The van der Waals surface area contributed by atoms with Crippen LogP contribution in [-0.4, -0.2) is 12.1 Å². The van der Waals surface area contributed by atoms with Crippen LogP contribution in [0.1, 0.15) is 13.8 Å². The van der Waals surface area contributed by atoms with E-state index in [0.29, 0.717) is 6.54 Å². The summed E-state index contributed by atoms with van der Waals surface area (Å²) in [7, 11) is 0. The van der Waals surface area contributed by atoms with E-state index in [1.807, 2.05) is 50.2 Å². The zero-order valence-electron chi connectivity index (χ0n) is 11.1. The van der Waals surface area contributed by atoms with Gasteiger partial charge in [0, 0.05) is 17.3 Å². The van der Waals surface area contributed by atoms with Crippen LogP contribution >= 0.6 is 0 Å². The Morgan fingerprint density at radius 1 is 1.05 bits per heavy atom. The molecular weight excluding hydrogens is 238 g/mol. The number of hydrogen-bond donors (Lipinski definition) is 1. The molecule has 0 aliphatic carbocycles. The maximum Gasteiger partial charge on any atom is 0.135 e.